The van der Waals surface area contributed by atoms with Crippen molar-refractivity contribution >= 4 is 21.4 Å². The molecular formula is C16H17FN2O2S. The molecule has 116 valence electrons. The minimum absolute atomic E-state index is 0.0499. The van der Waals surface area contributed by atoms with Gasteiger partial charge in [-0.1, -0.05) is 12.1 Å². The molecule has 0 amide bonds. The Kier molecular flexibility index (Phi) is 4.02. The Bertz CT molecular complexity index is 754. The third-order valence-electron chi connectivity index (χ3n) is 3.74. The van der Waals surface area contributed by atoms with Gasteiger partial charge in [0.15, 0.2) is 0 Å². The van der Waals surface area contributed by atoms with Crippen molar-refractivity contribution in [1.29, 1.82) is 0 Å². The lowest BCUT2D eigenvalue weighted by Gasteiger charge is -2.17. The SMILES string of the molecule is O=S(=O)(Nc1ccccc1F)c1ccc(N2CCCC2)cc1. The molecule has 1 fully saturated rings. The van der Waals surface area contributed by atoms with Crippen molar-refractivity contribution in [1.82, 2.24) is 0 Å². The molecule has 22 heavy (non-hydrogen) atoms. The van der Waals surface area contributed by atoms with E-state index in [1.165, 1.54) is 18.2 Å². The smallest absolute Gasteiger partial charge is 0.261 e. The zero-order valence-corrected chi connectivity index (χ0v) is 12.8. The van der Waals surface area contributed by atoms with Crippen LogP contribution in [0.5, 0.6) is 0 Å². The van der Waals surface area contributed by atoms with E-state index in [0.717, 1.165) is 31.6 Å². The number of hydrogen-bond donors (Lipinski definition) is 1. The molecule has 0 aliphatic carbocycles. The van der Waals surface area contributed by atoms with Gasteiger partial charge in [0.2, 0.25) is 0 Å². The largest absolute Gasteiger partial charge is 0.372 e. The quantitative estimate of drug-likeness (QED) is 0.941. The molecule has 2 aromatic rings. The monoisotopic (exact) mass is 320 g/mol. The Morgan fingerprint density at radius 3 is 2.23 bits per heavy atom. The van der Waals surface area contributed by atoms with E-state index in [0.29, 0.717) is 0 Å². The molecule has 0 atom stereocenters. The molecule has 0 bridgehead atoms. The number of nitrogens with zero attached hydrogens (tertiary/aromatic N) is 1. The fourth-order valence-electron chi connectivity index (χ4n) is 2.56. The Morgan fingerprint density at radius 1 is 0.955 bits per heavy atom. The van der Waals surface area contributed by atoms with Gasteiger partial charge in [-0.05, 0) is 49.2 Å². The molecule has 1 heterocycles. The lowest BCUT2D eigenvalue weighted by molar-refractivity contribution is 0.598. The number of para-hydroxylation sites is 1. The van der Waals surface area contributed by atoms with Gasteiger partial charge in [0.1, 0.15) is 5.82 Å². The van der Waals surface area contributed by atoms with Crippen molar-refractivity contribution in [2.24, 2.45) is 0 Å². The van der Waals surface area contributed by atoms with Gasteiger partial charge in [-0.15, -0.1) is 0 Å². The number of sulfonamides is 1. The van der Waals surface area contributed by atoms with E-state index in [1.807, 2.05) is 0 Å². The number of halogens is 1. The minimum atomic E-state index is -3.78. The van der Waals surface area contributed by atoms with E-state index < -0.39 is 15.8 Å². The zero-order chi connectivity index (χ0) is 15.6. The normalized spacial score (nSPS) is 15.0. The molecular weight excluding hydrogens is 303 g/mol. The summed E-state index contributed by atoms with van der Waals surface area (Å²) < 4.78 is 40.4. The predicted octanol–water partition coefficient (Wildman–Crippen LogP) is 3.23. The van der Waals surface area contributed by atoms with E-state index in [9.17, 15) is 12.8 Å². The summed E-state index contributed by atoms with van der Waals surface area (Å²) in [5, 5.41) is 0. The van der Waals surface area contributed by atoms with Crippen LogP contribution in [0.15, 0.2) is 53.4 Å². The Balaban J connectivity index is 1.81. The highest BCUT2D eigenvalue weighted by Gasteiger charge is 2.17. The highest BCUT2D eigenvalue weighted by Crippen LogP contribution is 2.23. The van der Waals surface area contributed by atoms with Gasteiger partial charge in [-0.3, -0.25) is 4.72 Å². The highest BCUT2D eigenvalue weighted by molar-refractivity contribution is 7.92. The topological polar surface area (TPSA) is 49.4 Å². The van der Waals surface area contributed by atoms with Crippen LogP contribution in [0.2, 0.25) is 0 Å². The van der Waals surface area contributed by atoms with Crippen LogP contribution in [0.1, 0.15) is 12.8 Å². The van der Waals surface area contributed by atoms with Gasteiger partial charge >= 0.3 is 0 Å². The van der Waals surface area contributed by atoms with Gasteiger partial charge in [-0.2, -0.15) is 0 Å². The zero-order valence-electron chi connectivity index (χ0n) is 12.0. The van der Waals surface area contributed by atoms with Crippen LogP contribution in [-0.2, 0) is 10.0 Å². The molecule has 0 saturated carbocycles. The van der Waals surface area contributed by atoms with Crippen LogP contribution in [0.3, 0.4) is 0 Å². The second-order valence-electron chi connectivity index (χ2n) is 5.27. The summed E-state index contributed by atoms with van der Waals surface area (Å²) in [4.78, 5) is 2.35. The fourth-order valence-corrected chi connectivity index (χ4v) is 3.63. The fraction of sp³-hybridized carbons (Fsp3) is 0.250. The van der Waals surface area contributed by atoms with E-state index >= 15 is 0 Å². The number of hydrogen-bond acceptors (Lipinski definition) is 3. The number of anilines is 2. The van der Waals surface area contributed by atoms with E-state index in [4.69, 9.17) is 0 Å². The minimum Gasteiger partial charge on any atom is -0.372 e. The van der Waals surface area contributed by atoms with Crippen LogP contribution in [-0.4, -0.2) is 21.5 Å². The lowest BCUT2D eigenvalue weighted by Crippen LogP contribution is -2.18. The van der Waals surface area contributed by atoms with Crippen molar-refractivity contribution in [3.63, 3.8) is 0 Å². The number of nitrogens with one attached hydrogen (secondary N) is 1. The second kappa shape index (κ2) is 5.96. The summed E-state index contributed by atoms with van der Waals surface area (Å²) in [5.41, 5.74) is 0.966. The van der Waals surface area contributed by atoms with Gasteiger partial charge in [0.25, 0.3) is 10.0 Å². The molecule has 1 aliphatic heterocycles. The van der Waals surface area contributed by atoms with Crippen LogP contribution >= 0.6 is 0 Å². The van der Waals surface area contributed by atoms with E-state index in [2.05, 4.69) is 9.62 Å². The summed E-state index contributed by atoms with van der Waals surface area (Å²) in [6, 6.07) is 12.4. The maximum Gasteiger partial charge on any atom is 0.261 e. The van der Waals surface area contributed by atoms with Gasteiger partial charge in [0.05, 0.1) is 10.6 Å². The van der Waals surface area contributed by atoms with Crippen LogP contribution in [0, 0.1) is 5.82 Å². The second-order valence-corrected chi connectivity index (χ2v) is 6.96. The molecule has 0 aromatic heterocycles. The molecule has 3 rings (SSSR count). The van der Waals surface area contributed by atoms with Crippen molar-refractivity contribution in [3.8, 4) is 0 Å². The maximum atomic E-state index is 13.6. The van der Waals surface area contributed by atoms with Crippen LogP contribution in [0.25, 0.3) is 0 Å². The molecule has 0 unspecified atom stereocenters. The molecule has 4 nitrogen and oxygen atoms in total. The third kappa shape index (κ3) is 3.06. The number of rotatable bonds is 4. The Morgan fingerprint density at radius 2 is 1.59 bits per heavy atom. The van der Waals surface area contributed by atoms with Gasteiger partial charge < -0.3 is 4.90 Å². The van der Waals surface area contributed by atoms with Crippen molar-refractivity contribution in [2.45, 2.75) is 17.7 Å². The standard InChI is InChI=1S/C16H17FN2O2S/c17-15-5-1-2-6-16(15)18-22(20,21)14-9-7-13(8-10-14)19-11-3-4-12-19/h1-2,5-10,18H,3-4,11-12H2. The van der Waals surface area contributed by atoms with Crippen molar-refractivity contribution in [2.75, 3.05) is 22.7 Å². The molecule has 1 aliphatic rings. The van der Waals surface area contributed by atoms with E-state index in [-0.39, 0.29) is 10.6 Å². The summed E-state index contributed by atoms with van der Waals surface area (Å²) in [5.74, 6) is -0.597. The van der Waals surface area contributed by atoms with Crippen LogP contribution in [0.4, 0.5) is 15.8 Å². The third-order valence-corrected chi connectivity index (χ3v) is 5.12. The molecule has 2 aromatic carbocycles. The van der Waals surface area contributed by atoms with Gasteiger partial charge in [-0.25, -0.2) is 12.8 Å². The van der Waals surface area contributed by atoms with Gasteiger partial charge in [0, 0.05) is 18.8 Å². The lowest BCUT2D eigenvalue weighted by atomic mass is 10.3. The first-order chi connectivity index (χ1) is 10.6. The first-order valence-corrected chi connectivity index (χ1v) is 8.67. The summed E-state index contributed by atoms with van der Waals surface area (Å²) in [6.45, 7) is 2.00. The Hall–Kier alpha value is -2.08. The van der Waals surface area contributed by atoms with Crippen LogP contribution < -0.4 is 9.62 Å². The van der Waals surface area contributed by atoms with E-state index in [1.54, 1.807) is 30.3 Å². The number of benzene rings is 2. The van der Waals surface area contributed by atoms with Crippen molar-refractivity contribution < 1.29 is 12.8 Å². The first-order valence-electron chi connectivity index (χ1n) is 7.19. The molecule has 1 saturated heterocycles. The summed E-state index contributed by atoms with van der Waals surface area (Å²) >= 11 is 0. The first kappa shape index (κ1) is 14.8. The molecule has 6 heteroatoms. The molecule has 0 radical (unpaired) electrons. The molecule has 0 spiro atoms. The van der Waals surface area contributed by atoms with Crippen molar-refractivity contribution in [3.05, 3.63) is 54.3 Å². The summed E-state index contributed by atoms with van der Waals surface area (Å²) in [6.07, 6.45) is 2.32. The molecule has 1 N–H and O–H groups in total. The maximum absolute atomic E-state index is 13.6. The average molecular weight is 320 g/mol. The summed E-state index contributed by atoms with van der Waals surface area (Å²) in [7, 11) is -3.78. The Labute approximate surface area is 129 Å². The average Bonchev–Trinajstić information content (AvgIpc) is 3.04. The highest BCUT2D eigenvalue weighted by atomic mass is 32.2. The predicted molar refractivity (Wildman–Crippen MR) is 85.1 cm³/mol.